The second-order valence-corrected chi connectivity index (χ2v) is 8.50. The van der Waals surface area contributed by atoms with Crippen molar-refractivity contribution in [3.05, 3.63) is 65.7 Å². The summed E-state index contributed by atoms with van der Waals surface area (Å²) in [6.45, 7) is 6.66. The molecule has 1 heterocycles. The Morgan fingerprint density at radius 3 is 2.59 bits per heavy atom. The van der Waals surface area contributed by atoms with Gasteiger partial charge in [0.05, 0.1) is 17.0 Å². The minimum absolute atomic E-state index is 0.114. The first kappa shape index (κ1) is 23.3. The number of hydrogen-bond donors (Lipinski definition) is 1. The molecule has 0 aliphatic carbocycles. The highest BCUT2D eigenvalue weighted by molar-refractivity contribution is 7.99. The summed E-state index contributed by atoms with van der Waals surface area (Å²) in [6.07, 6.45) is -0.419. The number of benzene rings is 2. The predicted molar refractivity (Wildman–Crippen MR) is 121 cm³/mol. The smallest absolute Gasteiger partial charge is 0.234 e. The van der Waals surface area contributed by atoms with Crippen LogP contribution in [-0.2, 0) is 11.3 Å². The lowest BCUT2D eigenvalue weighted by atomic mass is 10.2. The van der Waals surface area contributed by atoms with E-state index in [0.29, 0.717) is 40.4 Å². The maximum Gasteiger partial charge on any atom is 0.234 e. The molecular formula is C23H24FN5O2S. The average molecular weight is 454 g/mol. The standard InChI is InChI=1S/C23H24FN5O2S/c1-15(2)13-29-22(16(3)31-19-10-8-18(24)9-11-19)27-28-23(29)32-14-21(30)26-20-7-5-4-6-17(20)12-25/h4-11,15-16H,13-14H2,1-3H3,(H,26,30). The SMILES string of the molecule is CC(C)Cn1c(SCC(=O)Nc2ccccc2C#N)nnc1C(C)Oc1ccc(F)cc1. The van der Waals surface area contributed by atoms with Gasteiger partial charge in [0.2, 0.25) is 5.91 Å². The molecule has 1 N–H and O–H groups in total. The molecule has 166 valence electrons. The van der Waals surface area contributed by atoms with E-state index in [0.717, 1.165) is 0 Å². The lowest BCUT2D eigenvalue weighted by Crippen LogP contribution is -2.17. The number of aromatic nitrogens is 3. The Bertz CT molecular complexity index is 1110. The molecule has 0 saturated heterocycles. The third-order valence-corrected chi connectivity index (χ3v) is 5.40. The number of nitrogens with one attached hydrogen (secondary N) is 1. The normalized spacial score (nSPS) is 11.8. The number of rotatable bonds is 9. The number of anilines is 1. The van der Waals surface area contributed by atoms with Crippen molar-refractivity contribution in [2.24, 2.45) is 5.92 Å². The van der Waals surface area contributed by atoms with Gasteiger partial charge in [0, 0.05) is 6.54 Å². The van der Waals surface area contributed by atoms with Crippen molar-refractivity contribution in [1.29, 1.82) is 5.26 Å². The molecule has 1 aromatic heterocycles. The number of carbonyl (C=O) groups is 1. The summed E-state index contributed by atoms with van der Waals surface area (Å²) >= 11 is 1.27. The molecule has 3 rings (SSSR count). The zero-order valence-corrected chi connectivity index (χ0v) is 18.9. The maximum absolute atomic E-state index is 13.2. The van der Waals surface area contributed by atoms with Gasteiger partial charge in [0.25, 0.3) is 0 Å². The van der Waals surface area contributed by atoms with Crippen molar-refractivity contribution >= 4 is 23.4 Å². The Morgan fingerprint density at radius 1 is 1.19 bits per heavy atom. The first-order valence-corrected chi connectivity index (χ1v) is 11.1. The number of thioether (sulfide) groups is 1. The Kier molecular flexibility index (Phi) is 7.84. The monoisotopic (exact) mass is 453 g/mol. The molecule has 0 saturated carbocycles. The minimum atomic E-state index is -0.419. The van der Waals surface area contributed by atoms with E-state index in [-0.39, 0.29) is 17.5 Å². The number of nitriles is 1. The van der Waals surface area contributed by atoms with Gasteiger partial charge >= 0.3 is 0 Å². The van der Waals surface area contributed by atoms with Crippen LogP contribution in [0.1, 0.15) is 38.3 Å². The van der Waals surface area contributed by atoms with Gasteiger partial charge in [-0.2, -0.15) is 5.26 Å². The fourth-order valence-electron chi connectivity index (χ4n) is 3.02. The second-order valence-electron chi connectivity index (χ2n) is 7.55. The molecule has 0 aliphatic rings. The molecule has 3 aromatic rings. The van der Waals surface area contributed by atoms with Gasteiger partial charge in [0.1, 0.15) is 17.6 Å². The Morgan fingerprint density at radius 2 is 1.91 bits per heavy atom. The van der Waals surface area contributed by atoms with E-state index in [1.807, 2.05) is 11.5 Å². The molecule has 7 nitrogen and oxygen atoms in total. The van der Waals surface area contributed by atoms with Crippen LogP contribution in [0.2, 0.25) is 0 Å². The van der Waals surface area contributed by atoms with E-state index < -0.39 is 6.10 Å². The number of carbonyl (C=O) groups excluding carboxylic acids is 1. The Labute approximate surface area is 190 Å². The van der Waals surface area contributed by atoms with Gasteiger partial charge in [-0.25, -0.2) is 4.39 Å². The number of nitrogens with zero attached hydrogens (tertiary/aromatic N) is 4. The number of halogens is 1. The summed E-state index contributed by atoms with van der Waals surface area (Å²) in [7, 11) is 0. The first-order chi connectivity index (χ1) is 15.4. The van der Waals surface area contributed by atoms with Crippen molar-refractivity contribution in [2.75, 3.05) is 11.1 Å². The zero-order valence-electron chi connectivity index (χ0n) is 18.1. The van der Waals surface area contributed by atoms with E-state index in [9.17, 15) is 14.4 Å². The molecule has 32 heavy (non-hydrogen) atoms. The summed E-state index contributed by atoms with van der Waals surface area (Å²) < 4.78 is 21.0. The largest absolute Gasteiger partial charge is 0.483 e. The molecule has 1 amide bonds. The third kappa shape index (κ3) is 6.08. The average Bonchev–Trinajstić information content (AvgIpc) is 3.16. The van der Waals surface area contributed by atoms with Gasteiger partial charge in [-0.3, -0.25) is 4.79 Å². The van der Waals surface area contributed by atoms with Crippen LogP contribution in [0, 0.1) is 23.1 Å². The van der Waals surface area contributed by atoms with E-state index in [4.69, 9.17) is 4.74 Å². The van der Waals surface area contributed by atoms with Gasteiger partial charge in [-0.1, -0.05) is 37.7 Å². The molecule has 2 aromatic carbocycles. The minimum Gasteiger partial charge on any atom is -0.483 e. The molecule has 1 atom stereocenters. The summed E-state index contributed by atoms with van der Waals surface area (Å²) in [5, 5.41) is 21.1. The van der Waals surface area contributed by atoms with Gasteiger partial charge in [-0.15, -0.1) is 10.2 Å². The first-order valence-electron chi connectivity index (χ1n) is 10.1. The van der Waals surface area contributed by atoms with Crippen LogP contribution in [0.25, 0.3) is 0 Å². The lowest BCUT2D eigenvalue weighted by molar-refractivity contribution is -0.113. The van der Waals surface area contributed by atoms with Crippen LogP contribution in [-0.4, -0.2) is 26.4 Å². The number of para-hydroxylation sites is 1. The van der Waals surface area contributed by atoms with E-state index in [1.165, 1.54) is 23.9 Å². The van der Waals surface area contributed by atoms with Crippen LogP contribution in [0.4, 0.5) is 10.1 Å². The van der Waals surface area contributed by atoms with E-state index in [2.05, 4.69) is 35.4 Å². The molecular weight excluding hydrogens is 429 g/mol. The topological polar surface area (TPSA) is 92.8 Å². The van der Waals surface area contributed by atoms with Crippen molar-refractivity contribution < 1.29 is 13.9 Å². The van der Waals surface area contributed by atoms with Crippen molar-refractivity contribution in [1.82, 2.24) is 14.8 Å². The number of hydrogen-bond acceptors (Lipinski definition) is 6. The quantitative estimate of drug-likeness (QED) is 0.467. The molecule has 9 heteroatoms. The molecule has 0 radical (unpaired) electrons. The molecule has 0 aliphatic heterocycles. The van der Waals surface area contributed by atoms with Gasteiger partial charge in [0.15, 0.2) is 17.1 Å². The Balaban J connectivity index is 1.71. The molecule has 0 spiro atoms. The lowest BCUT2D eigenvalue weighted by Gasteiger charge is -2.17. The summed E-state index contributed by atoms with van der Waals surface area (Å²) in [5.41, 5.74) is 0.883. The van der Waals surface area contributed by atoms with Crippen LogP contribution in [0.5, 0.6) is 5.75 Å². The van der Waals surface area contributed by atoms with Crippen LogP contribution in [0.3, 0.4) is 0 Å². The molecule has 1 unspecified atom stereocenters. The maximum atomic E-state index is 13.2. The van der Waals surface area contributed by atoms with Crippen LogP contribution >= 0.6 is 11.8 Å². The Hall–Kier alpha value is -3.38. The van der Waals surface area contributed by atoms with Gasteiger partial charge < -0.3 is 14.6 Å². The van der Waals surface area contributed by atoms with Crippen molar-refractivity contribution in [3.8, 4) is 11.8 Å². The van der Waals surface area contributed by atoms with Gasteiger partial charge in [-0.05, 0) is 49.2 Å². The van der Waals surface area contributed by atoms with Crippen LogP contribution < -0.4 is 10.1 Å². The fourth-order valence-corrected chi connectivity index (χ4v) is 3.78. The highest BCUT2D eigenvalue weighted by Gasteiger charge is 2.21. The van der Waals surface area contributed by atoms with Crippen molar-refractivity contribution in [3.63, 3.8) is 0 Å². The highest BCUT2D eigenvalue weighted by atomic mass is 32.2. The number of amides is 1. The van der Waals surface area contributed by atoms with Crippen LogP contribution in [0.15, 0.2) is 53.7 Å². The molecule has 0 fully saturated rings. The molecule has 0 bridgehead atoms. The van der Waals surface area contributed by atoms with E-state index in [1.54, 1.807) is 36.4 Å². The highest BCUT2D eigenvalue weighted by Crippen LogP contribution is 2.26. The summed E-state index contributed by atoms with van der Waals surface area (Å²) in [6, 6.07) is 14.7. The number of ether oxygens (including phenoxy) is 1. The zero-order chi connectivity index (χ0) is 23.1. The predicted octanol–water partition coefficient (Wildman–Crippen LogP) is 4.82. The summed E-state index contributed by atoms with van der Waals surface area (Å²) in [4.78, 5) is 12.4. The van der Waals surface area contributed by atoms with E-state index >= 15 is 0 Å². The third-order valence-electron chi connectivity index (χ3n) is 4.44. The fraction of sp³-hybridized carbons (Fsp3) is 0.304. The second kappa shape index (κ2) is 10.8. The van der Waals surface area contributed by atoms with Crippen molar-refractivity contribution in [2.45, 2.75) is 38.6 Å². The summed E-state index contributed by atoms with van der Waals surface area (Å²) in [5.74, 6) is 1.02.